The predicted molar refractivity (Wildman–Crippen MR) is 83.1 cm³/mol. The fourth-order valence-corrected chi connectivity index (χ4v) is 3.61. The minimum Gasteiger partial charge on any atom is -0.381 e. The summed E-state index contributed by atoms with van der Waals surface area (Å²) in [7, 11) is 0. The van der Waals surface area contributed by atoms with Gasteiger partial charge in [0.25, 0.3) is 0 Å². The Bertz CT molecular complexity index is 576. The number of thiazole rings is 1. The summed E-state index contributed by atoms with van der Waals surface area (Å²) >= 11 is 1.77. The Balaban J connectivity index is 1.71. The van der Waals surface area contributed by atoms with Crippen LogP contribution in [0.4, 0.5) is 5.69 Å². The van der Waals surface area contributed by atoms with Crippen molar-refractivity contribution in [3.63, 3.8) is 0 Å². The quantitative estimate of drug-likeness (QED) is 0.929. The van der Waals surface area contributed by atoms with Gasteiger partial charge in [-0.1, -0.05) is 0 Å². The third-order valence-electron chi connectivity index (χ3n) is 3.82. The molecule has 1 aliphatic rings. The first-order chi connectivity index (χ1) is 9.11. The molecule has 102 valence electrons. The molecule has 1 fully saturated rings. The highest BCUT2D eigenvalue weighted by Crippen LogP contribution is 2.26. The molecule has 1 saturated heterocycles. The number of nitrogens with one attached hydrogen (secondary N) is 1. The third kappa shape index (κ3) is 2.74. The molecule has 2 heterocycles. The maximum Gasteiger partial charge on any atom is 0.0907 e. The Hall–Kier alpha value is -1.13. The van der Waals surface area contributed by atoms with Gasteiger partial charge in [-0.2, -0.15) is 0 Å². The van der Waals surface area contributed by atoms with Gasteiger partial charge in [0.05, 0.1) is 15.2 Å². The van der Waals surface area contributed by atoms with E-state index in [9.17, 15) is 0 Å². The van der Waals surface area contributed by atoms with Gasteiger partial charge in [-0.3, -0.25) is 4.90 Å². The molecule has 0 aliphatic carbocycles. The van der Waals surface area contributed by atoms with Gasteiger partial charge >= 0.3 is 0 Å². The molecule has 2 aromatic rings. The molecule has 19 heavy (non-hydrogen) atoms. The highest BCUT2D eigenvalue weighted by Gasteiger charge is 2.23. The number of anilines is 1. The Kier molecular flexibility index (Phi) is 3.46. The molecule has 1 aliphatic heterocycles. The lowest BCUT2D eigenvalue weighted by Crippen LogP contribution is -2.31. The van der Waals surface area contributed by atoms with Crippen LogP contribution in [0.5, 0.6) is 0 Å². The highest BCUT2D eigenvalue weighted by atomic mass is 32.1. The Morgan fingerprint density at radius 3 is 3.00 bits per heavy atom. The van der Waals surface area contributed by atoms with Crippen LogP contribution in [0.3, 0.4) is 0 Å². The zero-order valence-electron chi connectivity index (χ0n) is 11.8. The van der Waals surface area contributed by atoms with E-state index in [2.05, 4.69) is 54.2 Å². The fraction of sp³-hybridized carbons (Fsp3) is 0.533. The third-order valence-corrected chi connectivity index (χ3v) is 4.75. The summed E-state index contributed by atoms with van der Waals surface area (Å²) in [5, 5.41) is 4.80. The van der Waals surface area contributed by atoms with E-state index in [1.165, 1.54) is 23.4 Å². The second-order valence-corrected chi connectivity index (χ2v) is 6.87. The monoisotopic (exact) mass is 275 g/mol. The Morgan fingerprint density at radius 2 is 2.26 bits per heavy atom. The van der Waals surface area contributed by atoms with Crippen LogP contribution in [0, 0.1) is 6.92 Å². The summed E-state index contributed by atoms with van der Waals surface area (Å²) in [4.78, 5) is 7.04. The van der Waals surface area contributed by atoms with Crippen molar-refractivity contribution >= 4 is 27.2 Å². The summed E-state index contributed by atoms with van der Waals surface area (Å²) < 4.78 is 1.28. The van der Waals surface area contributed by atoms with Crippen molar-refractivity contribution in [3.05, 3.63) is 23.2 Å². The number of aromatic nitrogens is 1. The number of hydrogen-bond donors (Lipinski definition) is 1. The van der Waals surface area contributed by atoms with Crippen molar-refractivity contribution in [1.82, 2.24) is 9.88 Å². The van der Waals surface area contributed by atoms with Gasteiger partial charge in [0, 0.05) is 30.9 Å². The molecular formula is C15H21N3S. The van der Waals surface area contributed by atoms with Crippen molar-refractivity contribution in [2.75, 3.05) is 18.4 Å². The number of benzene rings is 1. The summed E-state index contributed by atoms with van der Waals surface area (Å²) in [6.45, 7) is 8.97. The maximum atomic E-state index is 4.50. The zero-order valence-corrected chi connectivity index (χ0v) is 12.6. The van der Waals surface area contributed by atoms with Crippen molar-refractivity contribution in [2.45, 2.75) is 39.3 Å². The fourth-order valence-electron chi connectivity index (χ4n) is 2.74. The molecule has 1 aromatic carbocycles. The first kappa shape index (κ1) is 12.9. The van der Waals surface area contributed by atoms with Crippen LogP contribution in [0.25, 0.3) is 10.2 Å². The molecule has 4 heteroatoms. The average Bonchev–Trinajstić information content (AvgIpc) is 2.94. The first-order valence-corrected chi connectivity index (χ1v) is 7.81. The molecule has 0 bridgehead atoms. The standard InChI is InChI=1S/C15H21N3S/c1-10(2)18-7-6-13(9-18)17-12-4-5-14-15(8-12)19-11(3)16-14/h4-5,8,10,13,17H,6-7,9H2,1-3H3. The minimum absolute atomic E-state index is 0.578. The second kappa shape index (κ2) is 5.10. The summed E-state index contributed by atoms with van der Waals surface area (Å²) in [6, 6.07) is 7.74. The molecule has 1 N–H and O–H groups in total. The topological polar surface area (TPSA) is 28.2 Å². The summed E-state index contributed by atoms with van der Waals surface area (Å²) in [6.07, 6.45) is 1.23. The minimum atomic E-state index is 0.578. The smallest absolute Gasteiger partial charge is 0.0907 e. The molecule has 1 unspecified atom stereocenters. The zero-order chi connectivity index (χ0) is 13.4. The van der Waals surface area contributed by atoms with Gasteiger partial charge in [0.1, 0.15) is 0 Å². The molecule has 3 rings (SSSR count). The molecule has 0 spiro atoms. The van der Waals surface area contributed by atoms with E-state index in [0.717, 1.165) is 17.1 Å². The second-order valence-electron chi connectivity index (χ2n) is 5.63. The van der Waals surface area contributed by atoms with Crippen LogP contribution in [0.1, 0.15) is 25.3 Å². The van der Waals surface area contributed by atoms with E-state index in [1.54, 1.807) is 11.3 Å². The SMILES string of the molecule is Cc1nc2ccc(NC3CCN(C(C)C)C3)cc2s1. The van der Waals surface area contributed by atoms with Crippen LogP contribution in [-0.2, 0) is 0 Å². The van der Waals surface area contributed by atoms with E-state index >= 15 is 0 Å². The summed E-state index contributed by atoms with van der Waals surface area (Å²) in [5.41, 5.74) is 2.34. The maximum absolute atomic E-state index is 4.50. The van der Waals surface area contributed by atoms with E-state index in [0.29, 0.717) is 12.1 Å². The van der Waals surface area contributed by atoms with Gasteiger partial charge in [0.2, 0.25) is 0 Å². The van der Waals surface area contributed by atoms with Crippen LogP contribution < -0.4 is 5.32 Å². The van der Waals surface area contributed by atoms with Gasteiger partial charge in [-0.15, -0.1) is 11.3 Å². The molecule has 3 nitrogen and oxygen atoms in total. The van der Waals surface area contributed by atoms with Crippen molar-refractivity contribution < 1.29 is 0 Å². The van der Waals surface area contributed by atoms with Gasteiger partial charge in [-0.05, 0) is 45.4 Å². The molecule has 1 aromatic heterocycles. The van der Waals surface area contributed by atoms with E-state index in [4.69, 9.17) is 0 Å². The molecule has 0 amide bonds. The normalized spacial score (nSPS) is 20.5. The Morgan fingerprint density at radius 1 is 1.42 bits per heavy atom. The first-order valence-electron chi connectivity index (χ1n) is 6.99. The number of likely N-dealkylation sites (tertiary alicyclic amines) is 1. The molecule has 1 atom stereocenters. The number of aryl methyl sites for hydroxylation is 1. The van der Waals surface area contributed by atoms with Crippen LogP contribution >= 0.6 is 11.3 Å². The Labute approximate surface area is 118 Å². The van der Waals surface area contributed by atoms with Crippen molar-refractivity contribution in [2.24, 2.45) is 0 Å². The summed E-state index contributed by atoms with van der Waals surface area (Å²) in [5.74, 6) is 0. The van der Waals surface area contributed by atoms with E-state index < -0.39 is 0 Å². The van der Waals surface area contributed by atoms with E-state index in [1.807, 2.05) is 0 Å². The van der Waals surface area contributed by atoms with Crippen molar-refractivity contribution in [3.8, 4) is 0 Å². The number of fused-ring (bicyclic) bond motifs is 1. The van der Waals surface area contributed by atoms with Crippen LogP contribution in [0.2, 0.25) is 0 Å². The van der Waals surface area contributed by atoms with Gasteiger partial charge < -0.3 is 5.32 Å². The largest absolute Gasteiger partial charge is 0.381 e. The highest BCUT2D eigenvalue weighted by molar-refractivity contribution is 7.18. The average molecular weight is 275 g/mol. The predicted octanol–water partition coefficient (Wildman–Crippen LogP) is 3.50. The lowest BCUT2D eigenvalue weighted by Gasteiger charge is -2.20. The molecule has 0 saturated carbocycles. The van der Waals surface area contributed by atoms with Gasteiger partial charge in [0.15, 0.2) is 0 Å². The van der Waals surface area contributed by atoms with Crippen LogP contribution in [-0.4, -0.2) is 35.1 Å². The number of nitrogens with zero attached hydrogens (tertiary/aromatic N) is 2. The van der Waals surface area contributed by atoms with E-state index in [-0.39, 0.29) is 0 Å². The van der Waals surface area contributed by atoms with Crippen molar-refractivity contribution in [1.29, 1.82) is 0 Å². The molecule has 0 radical (unpaired) electrons. The van der Waals surface area contributed by atoms with Crippen LogP contribution in [0.15, 0.2) is 18.2 Å². The lowest BCUT2D eigenvalue weighted by atomic mass is 10.2. The molecular weight excluding hydrogens is 254 g/mol. The number of rotatable bonds is 3. The number of hydrogen-bond acceptors (Lipinski definition) is 4. The lowest BCUT2D eigenvalue weighted by molar-refractivity contribution is 0.274. The van der Waals surface area contributed by atoms with Gasteiger partial charge in [-0.25, -0.2) is 4.98 Å².